The molecule has 0 unspecified atom stereocenters. The van der Waals surface area contributed by atoms with Crippen LogP contribution in [0.25, 0.3) is 11.1 Å². The Labute approximate surface area is 242 Å². The number of para-hydroxylation sites is 1. The summed E-state index contributed by atoms with van der Waals surface area (Å²) in [4.78, 5) is 21.9. The van der Waals surface area contributed by atoms with Gasteiger partial charge in [-0.25, -0.2) is 4.98 Å². The van der Waals surface area contributed by atoms with E-state index >= 15 is 0 Å². The summed E-state index contributed by atoms with van der Waals surface area (Å²) in [6.45, 7) is 5.17. The van der Waals surface area contributed by atoms with Crippen LogP contribution in [-0.4, -0.2) is 48.3 Å². The summed E-state index contributed by atoms with van der Waals surface area (Å²) >= 11 is 0. The lowest BCUT2D eigenvalue weighted by Gasteiger charge is -2.23. The molecule has 0 atom stereocenters. The molecule has 2 heterocycles. The molecular formula is C32H32F3N5O2. The van der Waals surface area contributed by atoms with Crippen molar-refractivity contribution in [2.24, 2.45) is 0 Å². The van der Waals surface area contributed by atoms with Crippen molar-refractivity contribution in [2.75, 3.05) is 42.1 Å². The van der Waals surface area contributed by atoms with Gasteiger partial charge in [-0.2, -0.15) is 0 Å². The average molecular weight is 576 g/mol. The third-order valence-electron chi connectivity index (χ3n) is 7.23. The molecule has 1 aliphatic heterocycles. The second-order valence-electron chi connectivity index (χ2n) is 10.3. The molecule has 0 radical (unpaired) electrons. The number of nitrogens with one attached hydrogen (secondary N) is 1. The van der Waals surface area contributed by atoms with Crippen molar-refractivity contribution in [2.45, 2.75) is 26.3 Å². The molecule has 42 heavy (non-hydrogen) atoms. The van der Waals surface area contributed by atoms with Crippen molar-refractivity contribution in [1.82, 2.24) is 9.88 Å². The second-order valence-corrected chi connectivity index (χ2v) is 10.3. The number of pyridine rings is 1. The number of carbonyl (C=O) groups is 1. The molecule has 3 N–H and O–H groups in total. The van der Waals surface area contributed by atoms with E-state index in [1.54, 1.807) is 24.4 Å². The van der Waals surface area contributed by atoms with Crippen molar-refractivity contribution in [3.05, 3.63) is 102 Å². The van der Waals surface area contributed by atoms with Crippen LogP contribution in [0.4, 0.5) is 30.4 Å². The molecule has 1 amide bonds. The summed E-state index contributed by atoms with van der Waals surface area (Å²) in [5.74, 6) is 0.371. The highest BCUT2D eigenvalue weighted by Crippen LogP contribution is 2.28. The van der Waals surface area contributed by atoms with Crippen LogP contribution < -0.4 is 20.7 Å². The summed E-state index contributed by atoms with van der Waals surface area (Å²) in [6.07, 6.45) is -2.27. The Morgan fingerprint density at radius 1 is 0.976 bits per heavy atom. The summed E-state index contributed by atoms with van der Waals surface area (Å²) in [6, 6.07) is 23.1. The Kier molecular flexibility index (Phi) is 8.63. The summed E-state index contributed by atoms with van der Waals surface area (Å²) < 4.78 is 42.7. The van der Waals surface area contributed by atoms with Crippen molar-refractivity contribution in [3.63, 3.8) is 0 Å². The number of aryl methyl sites for hydroxylation is 1. The van der Waals surface area contributed by atoms with Crippen LogP contribution >= 0.6 is 0 Å². The number of nitrogens with two attached hydrogens (primary N) is 1. The number of halogens is 3. The normalized spacial score (nSPS) is 14.3. The molecule has 3 aromatic carbocycles. The molecule has 218 valence electrons. The quantitative estimate of drug-likeness (QED) is 0.245. The number of ether oxygens (including phenoxy) is 1. The molecule has 0 bridgehead atoms. The van der Waals surface area contributed by atoms with Crippen molar-refractivity contribution >= 4 is 23.1 Å². The fraction of sp³-hybridized carbons (Fsp3) is 0.250. The zero-order valence-electron chi connectivity index (χ0n) is 23.2. The molecule has 4 aromatic rings. The number of carbonyl (C=O) groups excluding carboxylic acids is 1. The third kappa shape index (κ3) is 7.38. The van der Waals surface area contributed by atoms with E-state index in [0.717, 1.165) is 42.0 Å². The van der Waals surface area contributed by atoms with E-state index in [4.69, 9.17) is 5.73 Å². The number of anilines is 3. The lowest BCUT2D eigenvalue weighted by atomic mass is 9.97. The number of benzene rings is 3. The van der Waals surface area contributed by atoms with Gasteiger partial charge in [0.05, 0.1) is 11.9 Å². The Morgan fingerprint density at radius 2 is 1.76 bits per heavy atom. The highest BCUT2D eigenvalue weighted by molar-refractivity contribution is 6.05. The van der Waals surface area contributed by atoms with E-state index in [0.29, 0.717) is 42.1 Å². The van der Waals surface area contributed by atoms with Crippen molar-refractivity contribution in [1.29, 1.82) is 0 Å². The predicted molar refractivity (Wildman–Crippen MR) is 158 cm³/mol. The lowest BCUT2D eigenvalue weighted by molar-refractivity contribution is -0.275. The van der Waals surface area contributed by atoms with Gasteiger partial charge in [-0.3, -0.25) is 9.69 Å². The predicted octanol–water partition coefficient (Wildman–Crippen LogP) is 6.50. The molecule has 10 heteroatoms. The van der Waals surface area contributed by atoms with Gasteiger partial charge in [0, 0.05) is 49.5 Å². The number of nitrogens with zero attached hydrogens (tertiary/aromatic N) is 3. The van der Waals surface area contributed by atoms with Gasteiger partial charge >= 0.3 is 6.36 Å². The van der Waals surface area contributed by atoms with Crippen LogP contribution in [-0.2, 0) is 6.54 Å². The van der Waals surface area contributed by atoms with Crippen LogP contribution in [0.1, 0.15) is 27.9 Å². The molecule has 1 saturated heterocycles. The largest absolute Gasteiger partial charge is 0.573 e. The Morgan fingerprint density at radius 3 is 2.50 bits per heavy atom. The van der Waals surface area contributed by atoms with Gasteiger partial charge in [-0.05, 0) is 72.5 Å². The minimum absolute atomic E-state index is 0.169. The highest BCUT2D eigenvalue weighted by Gasteiger charge is 2.32. The van der Waals surface area contributed by atoms with E-state index in [9.17, 15) is 18.0 Å². The SMILES string of the molecule is Cc1ccc(C(=O)Nc2ccc(N3CCCN(Cc4ccccc4OC(F)(F)F)CC3)nc2)cc1-c1ccc(N)cc1. The second kappa shape index (κ2) is 12.5. The van der Waals surface area contributed by atoms with Gasteiger partial charge in [0.2, 0.25) is 0 Å². The zero-order valence-corrected chi connectivity index (χ0v) is 23.2. The number of aromatic nitrogens is 1. The molecule has 1 aromatic heterocycles. The maximum Gasteiger partial charge on any atom is 0.573 e. The number of alkyl halides is 3. The third-order valence-corrected chi connectivity index (χ3v) is 7.23. The van der Waals surface area contributed by atoms with E-state index in [1.165, 1.54) is 12.1 Å². The first kappa shape index (κ1) is 28.9. The minimum Gasteiger partial charge on any atom is -0.405 e. The van der Waals surface area contributed by atoms with Gasteiger partial charge in [-0.1, -0.05) is 36.4 Å². The number of rotatable bonds is 7. The maximum atomic E-state index is 13.0. The standard InChI is InChI=1S/C32H32F3N5O2/c1-22-7-8-24(19-28(22)23-9-11-26(36)12-10-23)31(41)38-27-13-14-30(37-20-27)40-16-4-15-39(17-18-40)21-25-5-2-3-6-29(25)42-32(33,34)35/h2-3,5-14,19-20H,4,15-18,21,36H2,1H3,(H,38,41). The van der Waals surface area contributed by atoms with Crippen LogP contribution in [0, 0.1) is 6.92 Å². The van der Waals surface area contributed by atoms with Crippen LogP contribution in [0.2, 0.25) is 0 Å². The monoisotopic (exact) mass is 575 g/mol. The van der Waals surface area contributed by atoms with Crippen molar-refractivity contribution in [3.8, 4) is 16.9 Å². The van der Waals surface area contributed by atoms with Crippen molar-refractivity contribution < 1.29 is 22.7 Å². The minimum atomic E-state index is -4.73. The Balaban J connectivity index is 1.19. The molecule has 0 spiro atoms. The molecule has 7 nitrogen and oxygen atoms in total. The number of hydrogen-bond acceptors (Lipinski definition) is 6. The summed E-state index contributed by atoms with van der Waals surface area (Å²) in [5, 5.41) is 2.92. The molecule has 0 saturated carbocycles. The highest BCUT2D eigenvalue weighted by atomic mass is 19.4. The van der Waals surface area contributed by atoms with E-state index in [1.807, 2.05) is 55.5 Å². The van der Waals surface area contributed by atoms with Gasteiger partial charge < -0.3 is 20.7 Å². The average Bonchev–Trinajstić information content (AvgIpc) is 3.20. The smallest absolute Gasteiger partial charge is 0.405 e. The van der Waals surface area contributed by atoms with Gasteiger partial charge in [-0.15, -0.1) is 13.2 Å². The molecule has 1 aliphatic rings. The fourth-order valence-corrected chi connectivity index (χ4v) is 5.04. The Hall–Kier alpha value is -4.57. The number of nitrogen functional groups attached to an aromatic ring is 1. The molecular weight excluding hydrogens is 543 g/mol. The van der Waals surface area contributed by atoms with E-state index < -0.39 is 6.36 Å². The van der Waals surface area contributed by atoms with Gasteiger partial charge in [0.15, 0.2) is 0 Å². The van der Waals surface area contributed by atoms with Crippen LogP contribution in [0.3, 0.4) is 0 Å². The molecule has 5 rings (SSSR count). The Bertz CT molecular complexity index is 1520. The first-order valence-electron chi connectivity index (χ1n) is 13.7. The summed E-state index contributed by atoms with van der Waals surface area (Å²) in [7, 11) is 0. The van der Waals surface area contributed by atoms with Crippen LogP contribution in [0.15, 0.2) is 85.1 Å². The van der Waals surface area contributed by atoms with E-state index in [-0.39, 0.29) is 11.7 Å². The first-order valence-corrected chi connectivity index (χ1v) is 13.7. The van der Waals surface area contributed by atoms with E-state index in [2.05, 4.69) is 24.8 Å². The summed E-state index contributed by atoms with van der Waals surface area (Å²) in [5.41, 5.74) is 11.1. The molecule has 1 fully saturated rings. The van der Waals surface area contributed by atoms with Crippen LogP contribution in [0.5, 0.6) is 5.75 Å². The molecule has 0 aliphatic carbocycles. The lowest BCUT2D eigenvalue weighted by Crippen LogP contribution is -2.31. The topological polar surface area (TPSA) is 83.7 Å². The van der Waals surface area contributed by atoms with Gasteiger partial charge in [0.25, 0.3) is 5.91 Å². The maximum absolute atomic E-state index is 13.0. The number of amides is 1. The van der Waals surface area contributed by atoms with Gasteiger partial charge in [0.1, 0.15) is 11.6 Å². The number of hydrogen-bond donors (Lipinski definition) is 2. The first-order chi connectivity index (χ1) is 20.1. The fourth-order valence-electron chi connectivity index (χ4n) is 5.04. The zero-order chi connectivity index (χ0) is 29.7.